The molecule has 0 amide bonds. The molecule has 17 heavy (non-hydrogen) atoms. The summed E-state index contributed by atoms with van der Waals surface area (Å²) >= 11 is 0. The van der Waals surface area contributed by atoms with Gasteiger partial charge >= 0.3 is 6.18 Å². The number of rotatable bonds is 1. The molecule has 1 aromatic carbocycles. The van der Waals surface area contributed by atoms with Crippen molar-refractivity contribution in [2.45, 2.75) is 6.18 Å². The van der Waals surface area contributed by atoms with Crippen molar-refractivity contribution in [1.82, 2.24) is 4.98 Å². The maximum atomic E-state index is 13.4. The molecule has 0 radical (unpaired) electrons. The standard InChI is InChI=1S/C10H6F4N2O/c11-7-2-1-5(10(12,13)14)3-6(7)8-4-17-9(15)16-8/h1-4H,(H2,15,16). The van der Waals surface area contributed by atoms with Gasteiger partial charge in [0.2, 0.25) is 0 Å². The number of aromatic nitrogens is 1. The van der Waals surface area contributed by atoms with E-state index in [2.05, 4.69) is 9.40 Å². The number of oxazole rings is 1. The maximum Gasteiger partial charge on any atom is 0.416 e. The molecule has 0 spiro atoms. The summed E-state index contributed by atoms with van der Waals surface area (Å²) in [6.45, 7) is 0. The smallest absolute Gasteiger partial charge is 0.416 e. The number of nitrogens with two attached hydrogens (primary N) is 1. The zero-order valence-electron chi connectivity index (χ0n) is 8.25. The first-order chi connectivity index (χ1) is 7.88. The van der Waals surface area contributed by atoms with E-state index >= 15 is 0 Å². The molecule has 0 unspecified atom stereocenters. The Morgan fingerprint density at radius 3 is 2.47 bits per heavy atom. The molecule has 2 rings (SSSR count). The van der Waals surface area contributed by atoms with Crippen LogP contribution in [0, 0.1) is 5.82 Å². The van der Waals surface area contributed by atoms with Crippen molar-refractivity contribution in [3.8, 4) is 11.3 Å². The molecule has 0 saturated carbocycles. The van der Waals surface area contributed by atoms with E-state index in [4.69, 9.17) is 5.73 Å². The van der Waals surface area contributed by atoms with Crippen LogP contribution < -0.4 is 5.73 Å². The third kappa shape index (κ3) is 2.22. The van der Waals surface area contributed by atoms with Crippen LogP contribution in [0.2, 0.25) is 0 Å². The minimum atomic E-state index is -4.54. The summed E-state index contributed by atoms with van der Waals surface area (Å²) in [6, 6.07) is 1.80. The zero-order chi connectivity index (χ0) is 12.6. The molecule has 0 saturated heterocycles. The Bertz CT molecular complexity index is 547. The number of hydrogen-bond donors (Lipinski definition) is 1. The Labute approximate surface area is 92.9 Å². The molecular formula is C10H6F4N2O. The monoisotopic (exact) mass is 246 g/mol. The molecule has 1 aromatic heterocycles. The van der Waals surface area contributed by atoms with Crippen LogP contribution >= 0.6 is 0 Å². The summed E-state index contributed by atoms with van der Waals surface area (Å²) in [6.07, 6.45) is -3.55. The highest BCUT2D eigenvalue weighted by molar-refractivity contribution is 5.61. The van der Waals surface area contributed by atoms with Gasteiger partial charge in [-0.05, 0) is 18.2 Å². The number of hydrogen-bond acceptors (Lipinski definition) is 3. The third-order valence-electron chi connectivity index (χ3n) is 2.09. The number of anilines is 1. The summed E-state index contributed by atoms with van der Waals surface area (Å²) in [5.41, 5.74) is 3.82. The second-order valence-electron chi connectivity index (χ2n) is 3.26. The molecule has 1 heterocycles. The average molecular weight is 246 g/mol. The number of alkyl halides is 3. The number of nitrogen functional groups attached to an aromatic ring is 1. The van der Waals surface area contributed by atoms with Crippen LogP contribution in [-0.4, -0.2) is 4.98 Å². The van der Waals surface area contributed by atoms with Crippen molar-refractivity contribution >= 4 is 6.01 Å². The van der Waals surface area contributed by atoms with Crippen LogP contribution in [0.25, 0.3) is 11.3 Å². The van der Waals surface area contributed by atoms with Gasteiger partial charge in [-0.2, -0.15) is 18.2 Å². The normalized spacial score (nSPS) is 11.8. The predicted molar refractivity (Wildman–Crippen MR) is 51.3 cm³/mol. The first kappa shape index (κ1) is 11.4. The minimum absolute atomic E-state index is 0.0777. The second kappa shape index (κ2) is 3.76. The van der Waals surface area contributed by atoms with Crippen molar-refractivity contribution < 1.29 is 22.0 Å². The summed E-state index contributed by atoms with van der Waals surface area (Å²) in [5.74, 6) is -0.827. The molecule has 0 fully saturated rings. The summed E-state index contributed by atoms with van der Waals surface area (Å²) < 4.78 is 55.3. The van der Waals surface area contributed by atoms with E-state index in [1.54, 1.807) is 0 Å². The molecule has 0 aliphatic carbocycles. The van der Waals surface area contributed by atoms with E-state index < -0.39 is 17.6 Å². The van der Waals surface area contributed by atoms with Crippen LogP contribution in [0.5, 0.6) is 0 Å². The minimum Gasteiger partial charge on any atom is -0.432 e. The van der Waals surface area contributed by atoms with Crippen LogP contribution in [-0.2, 0) is 6.18 Å². The molecular weight excluding hydrogens is 240 g/mol. The van der Waals surface area contributed by atoms with E-state index in [0.29, 0.717) is 12.1 Å². The van der Waals surface area contributed by atoms with Crippen LogP contribution in [0.3, 0.4) is 0 Å². The Hall–Kier alpha value is -2.05. The van der Waals surface area contributed by atoms with Crippen molar-refractivity contribution in [2.24, 2.45) is 0 Å². The van der Waals surface area contributed by atoms with Crippen molar-refractivity contribution in [3.05, 3.63) is 35.8 Å². The second-order valence-corrected chi connectivity index (χ2v) is 3.26. The summed E-state index contributed by atoms with van der Waals surface area (Å²) in [4.78, 5) is 3.57. The fourth-order valence-corrected chi connectivity index (χ4v) is 1.31. The first-order valence-electron chi connectivity index (χ1n) is 4.46. The fourth-order valence-electron chi connectivity index (χ4n) is 1.31. The van der Waals surface area contributed by atoms with Gasteiger partial charge in [0.25, 0.3) is 6.01 Å². The van der Waals surface area contributed by atoms with Gasteiger partial charge in [-0.1, -0.05) is 0 Å². The average Bonchev–Trinajstić information content (AvgIpc) is 2.63. The molecule has 0 aliphatic rings. The SMILES string of the molecule is Nc1nc(-c2cc(C(F)(F)F)ccc2F)co1. The Kier molecular flexibility index (Phi) is 2.53. The van der Waals surface area contributed by atoms with Gasteiger partial charge in [-0.25, -0.2) is 4.39 Å². The van der Waals surface area contributed by atoms with Gasteiger partial charge < -0.3 is 10.2 Å². The van der Waals surface area contributed by atoms with E-state index in [-0.39, 0.29) is 17.3 Å². The molecule has 0 bridgehead atoms. The van der Waals surface area contributed by atoms with Crippen molar-refractivity contribution in [3.63, 3.8) is 0 Å². The molecule has 2 N–H and O–H groups in total. The van der Waals surface area contributed by atoms with E-state index in [0.717, 1.165) is 12.3 Å². The first-order valence-corrected chi connectivity index (χ1v) is 4.46. The van der Waals surface area contributed by atoms with Gasteiger partial charge in [0.05, 0.1) is 5.56 Å². The highest BCUT2D eigenvalue weighted by atomic mass is 19.4. The summed E-state index contributed by atoms with van der Waals surface area (Å²) in [5, 5.41) is 0. The van der Waals surface area contributed by atoms with Gasteiger partial charge in [0.1, 0.15) is 17.8 Å². The highest BCUT2D eigenvalue weighted by Gasteiger charge is 2.31. The molecule has 7 heteroatoms. The summed E-state index contributed by atoms with van der Waals surface area (Å²) in [7, 11) is 0. The highest BCUT2D eigenvalue weighted by Crippen LogP contribution is 2.33. The largest absolute Gasteiger partial charge is 0.432 e. The maximum absolute atomic E-state index is 13.4. The van der Waals surface area contributed by atoms with E-state index in [1.807, 2.05) is 0 Å². The lowest BCUT2D eigenvalue weighted by molar-refractivity contribution is -0.137. The van der Waals surface area contributed by atoms with E-state index in [1.165, 1.54) is 0 Å². The topological polar surface area (TPSA) is 52.0 Å². The molecule has 0 aliphatic heterocycles. The molecule has 3 nitrogen and oxygen atoms in total. The van der Waals surface area contributed by atoms with Crippen molar-refractivity contribution in [1.29, 1.82) is 0 Å². The Morgan fingerprint density at radius 1 is 1.24 bits per heavy atom. The number of nitrogens with zero attached hydrogens (tertiary/aromatic N) is 1. The van der Waals surface area contributed by atoms with Crippen molar-refractivity contribution in [2.75, 3.05) is 5.73 Å². The lowest BCUT2D eigenvalue weighted by Gasteiger charge is -2.08. The number of benzene rings is 1. The predicted octanol–water partition coefficient (Wildman–Crippen LogP) is 3.08. The van der Waals surface area contributed by atoms with Crippen LogP contribution in [0.1, 0.15) is 5.56 Å². The molecule has 2 aromatic rings. The van der Waals surface area contributed by atoms with E-state index in [9.17, 15) is 17.6 Å². The van der Waals surface area contributed by atoms with Gasteiger partial charge in [0.15, 0.2) is 0 Å². The zero-order valence-corrected chi connectivity index (χ0v) is 8.25. The Balaban J connectivity index is 2.54. The Morgan fingerprint density at radius 2 is 1.94 bits per heavy atom. The molecule has 90 valence electrons. The quantitative estimate of drug-likeness (QED) is 0.786. The van der Waals surface area contributed by atoms with Gasteiger partial charge in [0, 0.05) is 5.56 Å². The van der Waals surface area contributed by atoms with Crippen LogP contribution in [0.4, 0.5) is 23.6 Å². The molecule has 0 atom stereocenters. The fraction of sp³-hybridized carbons (Fsp3) is 0.100. The lowest BCUT2D eigenvalue weighted by Crippen LogP contribution is -2.05. The van der Waals surface area contributed by atoms with Gasteiger partial charge in [-0.15, -0.1) is 0 Å². The lowest BCUT2D eigenvalue weighted by atomic mass is 10.1. The third-order valence-corrected chi connectivity index (χ3v) is 2.09. The van der Waals surface area contributed by atoms with Gasteiger partial charge in [-0.3, -0.25) is 0 Å². The van der Waals surface area contributed by atoms with Crippen LogP contribution in [0.15, 0.2) is 28.9 Å². The number of halogens is 4.